The van der Waals surface area contributed by atoms with Crippen molar-refractivity contribution in [3.05, 3.63) is 86.5 Å². The predicted molar refractivity (Wildman–Crippen MR) is 127 cm³/mol. The number of benzene rings is 2. The van der Waals surface area contributed by atoms with Crippen LogP contribution in [0.2, 0.25) is 0 Å². The van der Waals surface area contributed by atoms with Crippen LogP contribution in [0.5, 0.6) is 5.75 Å². The Morgan fingerprint density at radius 2 is 1.74 bits per heavy atom. The van der Waals surface area contributed by atoms with E-state index >= 15 is 0 Å². The Hall–Kier alpha value is -4.12. The van der Waals surface area contributed by atoms with Gasteiger partial charge in [0.05, 0.1) is 22.2 Å². The van der Waals surface area contributed by atoms with Gasteiger partial charge in [-0.3, -0.25) is 14.4 Å². The Bertz CT molecular complexity index is 1490. The number of nitrogens with zero attached hydrogens (tertiary/aromatic N) is 5. The average Bonchev–Trinajstić information content (AvgIpc) is 3.32. The van der Waals surface area contributed by atoms with Gasteiger partial charge in [0.15, 0.2) is 5.75 Å². The van der Waals surface area contributed by atoms with Crippen molar-refractivity contribution in [1.82, 2.24) is 24.7 Å². The van der Waals surface area contributed by atoms with Gasteiger partial charge in [0.2, 0.25) is 0 Å². The summed E-state index contributed by atoms with van der Waals surface area (Å²) in [5.41, 5.74) is -0.275. The molecule has 1 aliphatic rings. The van der Waals surface area contributed by atoms with Crippen molar-refractivity contribution in [3.8, 4) is 5.75 Å². The number of carbonyl (C=O) groups excluding carboxylic acids is 2. The van der Waals surface area contributed by atoms with Crippen LogP contribution >= 0.6 is 11.3 Å². The zero-order chi connectivity index (χ0) is 24.5. The fourth-order valence-corrected chi connectivity index (χ4v) is 4.46. The van der Waals surface area contributed by atoms with Gasteiger partial charge < -0.3 is 14.6 Å². The number of fused-ring (bicyclic) bond motifs is 1. The van der Waals surface area contributed by atoms with Crippen molar-refractivity contribution in [3.63, 3.8) is 0 Å². The molecule has 9 nitrogen and oxygen atoms in total. The lowest BCUT2D eigenvalue weighted by Gasteiger charge is -2.34. The van der Waals surface area contributed by atoms with Crippen LogP contribution < -0.4 is 10.4 Å². The summed E-state index contributed by atoms with van der Waals surface area (Å²) in [7, 11) is 0. The van der Waals surface area contributed by atoms with Gasteiger partial charge in [-0.2, -0.15) is 0 Å². The Labute approximate surface area is 202 Å². The van der Waals surface area contributed by atoms with Crippen molar-refractivity contribution in [2.75, 3.05) is 26.2 Å². The number of piperazine rings is 1. The molecule has 11 heteroatoms. The highest BCUT2D eigenvalue weighted by Gasteiger charge is 2.28. The van der Waals surface area contributed by atoms with Crippen LogP contribution in [0.25, 0.3) is 10.8 Å². The summed E-state index contributed by atoms with van der Waals surface area (Å²) in [5, 5.41) is 7.59. The van der Waals surface area contributed by atoms with Crippen molar-refractivity contribution in [1.29, 1.82) is 0 Å². The summed E-state index contributed by atoms with van der Waals surface area (Å²) < 4.78 is 14.6. The van der Waals surface area contributed by atoms with E-state index in [1.54, 1.807) is 34.5 Å². The van der Waals surface area contributed by atoms with Crippen molar-refractivity contribution in [2.45, 2.75) is 6.92 Å². The number of hydrogen-bond donors (Lipinski definition) is 0. The maximum atomic E-state index is 14.6. The first-order valence-corrected chi connectivity index (χ1v) is 11.7. The Morgan fingerprint density at radius 1 is 1.03 bits per heavy atom. The van der Waals surface area contributed by atoms with E-state index in [0.29, 0.717) is 29.6 Å². The molecule has 1 saturated heterocycles. The minimum Gasteiger partial charge on any atom is -0.354 e. The number of rotatable bonds is 4. The molecule has 1 fully saturated rings. The van der Waals surface area contributed by atoms with Crippen molar-refractivity contribution < 1.29 is 18.8 Å². The topological polar surface area (TPSA) is 97.6 Å². The lowest BCUT2D eigenvalue weighted by atomic mass is 10.1. The van der Waals surface area contributed by atoms with E-state index < -0.39 is 17.3 Å². The molecule has 5 rings (SSSR count). The third-order valence-electron chi connectivity index (χ3n) is 5.72. The normalized spacial score (nSPS) is 13.8. The highest BCUT2D eigenvalue weighted by Crippen LogP contribution is 2.20. The molecule has 0 radical (unpaired) electrons. The van der Waals surface area contributed by atoms with Gasteiger partial charge in [0, 0.05) is 36.9 Å². The van der Waals surface area contributed by atoms with Crippen LogP contribution in [0, 0.1) is 12.7 Å². The first-order chi connectivity index (χ1) is 16.9. The van der Waals surface area contributed by atoms with Gasteiger partial charge in [-0.25, -0.2) is 9.37 Å². The van der Waals surface area contributed by atoms with E-state index in [1.807, 2.05) is 6.92 Å². The molecule has 4 aromatic rings. The van der Waals surface area contributed by atoms with Gasteiger partial charge >= 0.3 is 5.56 Å². The Balaban J connectivity index is 1.30. The Morgan fingerprint density at radius 3 is 2.46 bits per heavy atom. The van der Waals surface area contributed by atoms with Crippen LogP contribution in [0.4, 0.5) is 4.39 Å². The maximum absolute atomic E-state index is 14.6. The molecular weight excluding hydrogens is 473 g/mol. The summed E-state index contributed by atoms with van der Waals surface area (Å²) in [5.74, 6) is -1.33. The van der Waals surface area contributed by atoms with E-state index in [2.05, 4.69) is 10.1 Å². The van der Waals surface area contributed by atoms with Crippen LogP contribution in [0.3, 0.4) is 0 Å². The standard InChI is InChI=1S/C24H20FN5O4S/c1-15-27-21(14-35-15)24(33)29-10-8-28(9-11-29)22(31)19-12-17(6-7-20(19)25)34-30-23(32)18-5-3-2-4-16(18)13-26-30/h2-7,12-14H,8-11H2,1H3. The lowest BCUT2D eigenvalue weighted by Crippen LogP contribution is -2.50. The summed E-state index contributed by atoms with van der Waals surface area (Å²) in [4.78, 5) is 52.0. The van der Waals surface area contributed by atoms with Gasteiger partial charge in [-0.05, 0) is 31.2 Å². The second-order valence-electron chi connectivity index (χ2n) is 7.98. The highest BCUT2D eigenvalue weighted by atomic mass is 32.1. The highest BCUT2D eigenvalue weighted by molar-refractivity contribution is 7.09. The third-order valence-corrected chi connectivity index (χ3v) is 6.49. The van der Waals surface area contributed by atoms with Crippen LogP contribution in [0.15, 0.2) is 58.8 Å². The first kappa shape index (κ1) is 22.7. The quantitative estimate of drug-likeness (QED) is 0.434. The number of aromatic nitrogens is 3. The zero-order valence-electron chi connectivity index (χ0n) is 18.7. The summed E-state index contributed by atoms with van der Waals surface area (Å²) in [6, 6.07) is 10.6. The molecular formula is C24H20FN5O4S. The van der Waals surface area contributed by atoms with Crippen molar-refractivity contribution >= 4 is 33.9 Å². The molecule has 0 atom stereocenters. The smallest absolute Gasteiger partial charge is 0.311 e. The average molecular weight is 494 g/mol. The monoisotopic (exact) mass is 493 g/mol. The SMILES string of the molecule is Cc1nc(C(=O)N2CCN(C(=O)c3cc(On4ncc5ccccc5c4=O)ccc3F)CC2)cs1. The van der Waals surface area contributed by atoms with E-state index in [0.717, 1.165) is 15.9 Å². The number of amides is 2. The summed E-state index contributed by atoms with van der Waals surface area (Å²) >= 11 is 1.40. The van der Waals surface area contributed by atoms with Gasteiger partial charge in [-0.1, -0.05) is 23.0 Å². The predicted octanol–water partition coefficient (Wildman–Crippen LogP) is 2.74. The van der Waals surface area contributed by atoms with E-state index in [1.165, 1.54) is 34.6 Å². The molecule has 2 aromatic carbocycles. The molecule has 2 aromatic heterocycles. The largest absolute Gasteiger partial charge is 0.354 e. The molecule has 0 saturated carbocycles. The van der Waals surface area contributed by atoms with Crippen LogP contribution in [0.1, 0.15) is 25.9 Å². The second-order valence-corrected chi connectivity index (χ2v) is 9.04. The van der Waals surface area contributed by atoms with E-state index in [4.69, 9.17) is 4.84 Å². The number of aryl methyl sites for hydroxylation is 1. The molecule has 178 valence electrons. The molecule has 0 bridgehead atoms. The van der Waals surface area contributed by atoms with E-state index in [9.17, 15) is 18.8 Å². The summed E-state index contributed by atoms with van der Waals surface area (Å²) in [6.45, 7) is 2.97. The summed E-state index contributed by atoms with van der Waals surface area (Å²) in [6.07, 6.45) is 1.49. The minimum absolute atomic E-state index is 0.0901. The molecule has 35 heavy (non-hydrogen) atoms. The molecule has 2 amide bonds. The molecule has 0 N–H and O–H groups in total. The fourth-order valence-electron chi connectivity index (χ4n) is 3.87. The number of thiazole rings is 1. The lowest BCUT2D eigenvalue weighted by molar-refractivity contribution is 0.0529. The van der Waals surface area contributed by atoms with Crippen LogP contribution in [-0.4, -0.2) is 62.7 Å². The number of halogens is 1. The number of hydrogen-bond acceptors (Lipinski definition) is 7. The number of carbonyl (C=O) groups is 2. The van der Waals surface area contributed by atoms with Gasteiger partial charge in [-0.15, -0.1) is 16.4 Å². The third kappa shape index (κ3) is 4.50. The molecule has 3 heterocycles. The zero-order valence-corrected chi connectivity index (χ0v) is 19.5. The Kier molecular flexibility index (Phi) is 6.00. The maximum Gasteiger partial charge on any atom is 0.311 e. The first-order valence-electron chi connectivity index (χ1n) is 10.9. The van der Waals surface area contributed by atoms with Gasteiger partial charge in [0.25, 0.3) is 11.8 Å². The minimum atomic E-state index is -0.711. The molecule has 0 unspecified atom stereocenters. The molecule has 0 spiro atoms. The van der Waals surface area contributed by atoms with E-state index in [-0.39, 0.29) is 30.3 Å². The second kappa shape index (κ2) is 9.26. The molecule has 0 aliphatic carbocycles. The van der Waals surface area contributed by atoms with Gasteiger partial charge in [0.1, 0.15) is 11.5 Å². The van der Waals surface area contributed by atoms with Crippen molar-refractivity contribution in [2.24, 2.45) is 0 Å². The van der Waals surface area contributed by atoms with Crippen LogP contribution in [-0.2, 0) is 0 Å². The fraction of sp³-hybridized carbons (Fsp3) is 0.208. The molecule has 1 aliphatic heterocycles.